The van der Waals surface area contributed by atoms with Gasteiger partial charge in [-0.25, -0.2) is 4.39 Å². The van der Waals surface area contributed by atoms with Crippen molar-refractivity contribution in [3.63, 3.8) is 0 Å². The van der Waals surface area contributed by atoms with Gasteiger partial charge in [0.1, 0.15) is 12.2 Å². The summed E-state index contributed by atoms with van der Waals surface area (Å²) >= 11 is 0. The normalized spacial score (nSPS) is 44.8. The van der Waals surface area contributed by atoms with E-state index < -0.39 is 37.2 Å². The highest BCUT2D eigenvalue weighted by molar-refractivity contribution is 4.93. The minimum Gasteiger partial charge on any atom is -0.394 e. The molecule has 1 aliphatic heterocycles. The zero-order valence-electron chi connectivity index (χ0n) is 6.40. The van der Waals surface area contributed by atoms with E-state index in [2.05, 4.69) is 4.74 Å². The van der Waals surface area contributed by atoms with Crippen molar-refractivity contribution in [3.8, 4) is 0 Å². The first-order valence-electron chi connectivity index (χ1n) is 3.55. The molecule has 3 N–H and O–H groups in total. The molecular formula is C6H9F3O4. The van der Waals surface area contributed by atoms with Crippen molar-refractivity contribution in [2.24, 2.45) is 0 Å². The Bertz CT molecular complexity index is 189. The van der Waals surface area contributed by atoms with E-state index in [1.807, 2.05) is 0 Å². The van der Waals surface area contributed by atoms with Crippen LogP contribution in [0.2, 0.25) is 0 Å². The molecule has 0 aromatic carbocycles. The Morgan fingerprint density at radius 2 is 1.85 bits per heavy atom. The van der Waals surface area contributed by atoms with Gasteiger partial charge in [0.15, 0.2) is 6.10 Å². The fraction of sp³-hybridized carbons (Fsp3) is 1.00. The van der Waals surface area contributed by atoms with Crippen molar-refractivity contribution in [1.29, 1.82) is 0 Å². The molecule has 0 amide bonds. The second-order valence-electron chi connectivity index (χ2n) is 2.78. The van der Waals surface area contributed by atoms with Crippen LogP contribution in [-0.2, 0) is 4.74 Å². The molecule has 0 unspecified atom stereocenters. The third-order valence-corrected chi connectivity index (χ3v) is 1.88. The smallest absolute Gasteiger partial charge is 0.330 e. The summed E-state index contributed by atoms with van der Waals surface area (Å²) in [5.74, 6) is -4.15. The maximum atomic E-state index is 12.6. The van der Waals surface area contributed by atoms with Crippen molar-refractivity contribution in [2.75, 3.05) is 6.61 Å². The number of halogens is 3. The summed E-state index contributed by atoms with van der Waals surface area (Å²) in [6.45, 7) is -0.839. The first kappa shape index (κ1) is 10.7. The Kier molecular flexibility index (Phi) is 2.81. The maximum Gasteiger partial charge on any atom is 0.330 e. The molecule has 0 aromatic heterocycles. The van der Waals surface area contributed by atoms with Gasteiger partial charge >= 0.3 is 5.92 Å². The first-order valence-corrected chi connectivity index (χ1v) is 3.55. The predicted octanol–water partition coefficient (Wildman–Crippen LogP) is -0.970. The van der Waals surface area contributed by atoms with Gasteiger partial charge in [0, 0.05) is 0 Å². The molecule has 0 aromatic rings. The van der Waals surface area contributed by atoms with E-state index in [4.69, 9.17) is 15.3 Å². The van der Waals surface area contributed by atoms with Gasteiger partial charge in [0.2, 0.25) is 0 Å². The molecule has 1 rings (SSSR count). The summed E-state index contributed by atoms with van der Waals surface area (Å²) in [4.78, 5) is 0. The second-order valence-corrected chi connectivity index (χ2v) is 2.78. The number of rotatable bonds is 1. The highest BCUT2D eigenvalue weighted by Crippen LogP contribution is 2.35. The Balaban J connectivity index is 2.79. The van der Waals surface area contributed by atoms with Gasteiger partial charge in [-0.3, -0.25) is 0 Å². The molecule has 7 heteroatoms. The monoisotopic (exact) mass is 202 g/mol. The lowest BCUT2D eigenvalue weighted by Crippen LogP contribution is -2.61. The Hall–Kier alpha value is -0.370. The molecule has 0 saturated carbocycles. The molecule has 4 nitrogen and oxygen atoms in total. The second kappa shape index (κ2) is 3.41. The van der Waals surface area contributed by atoms with E-state index in [0.717, 1.165) is 0 Å². The predicted molar refractivity (Wildman–Crippen MR) is 33.8 cm³/mol. The van der Waals surface area contributed by atoms with Gasteiger partial charge in [0.05, 0.1) is 6.61 Å². The fourth-order valence-corrected chi connectivity index (χ4v) is 1.04. The van der Waals surface area contributed by atoms with Crippen LogP contribution in [0.25, 0.3) is 0 Å². The summed E-state index contributed by atoms with van der Waals surface area (Å²) in [6, 6.07) is 0. The summed E-state index contributed by atoms with van der Waals surface area (Å²) in [7, 11) is 0. The van der Waals surface area contributed by atoms with Gasteiger partial charge in [-0.05, 0) is 0 Å². The zero-order valence-corrected chi connectivity index (χ0v) is 6.40. The van der Waals surface area contributed by atoms with Crippen LogP contribution in [0.1, 0.15) is 0 Å². The first-order chi connectivity index (χ1) is 5.91. The standard InChI is InChI=1S/C6H9F3O4/c7-5-6(8,9)4(12)3(11)2(1-10)13-5/h2-5,10-12H,1H2/t2-,3-,4+,5+/m1/s1. The van der Waals surface area contributed by atoms with Crippen molar-refractivity contribution in [1.82, 2.24) is 0 Å². The molecule has 1 saturated heterocycles. The van der Waals surface area contributed by atoms with Crippen LogP contribution in [-0.4, -0.2) is 52.5 Å². The van der Waals surface area contributed by atoms with Crippen LogP contribution in [0, 0.1) is 0 Å². The number of hydrogen-bond donors (Lipinski definition) is 3. The lowest BCUT2D eigenvalue weighted by Gasteiger charge is -2.38. The molecule has 1 aliphatic rings. The molecule has 0 bridgehead atoms. The van der Waals surface area contributed by atoms with Gasteiger partial charge in [-0.15, -0.1) is 0 Å². The fourth-order valence-electron chi connectivity index (χ4n) is 1.04. The Morgan fingerprint density at radius 1 is 1.31 bits per heavy atom. The SMILES string of the molecule is OC[C@H]1O[C@H](F)C(F)(F)[C@@H](O)[C@@H]1O. The van der Waals surface area contributed by atoms with Crippen LogP contribution in [0.15, 0.2) is 0 Å². The summed E-state index contributed by atoms with van der Waals surface area (Å²) in [5, 5.41) is 26.1. The lowest BCUT2D eigenvalue weighted by molar-refractivity contribution is -0.324. The highest BCUT2D eigenvalue weighted by atomic mass is 19.3. The van der Waals surface area contributed by atoms with Gasteiger partial charge < -0.3 is 20.1 Å². The maximum absolute atomic E-state index is 12.6. The van der Waals surface area contributed by atoms with Crippen LogP contribution < -0.4 is 0 Å². The van der Waals surface area contributed by atoms with Crippen molar-refractivity contribution in [3.05, 3.63) is 0 Å². The number of aliphatic hydroxyl groups excluding tert-OH is 3. The summed E-state index contributed by atoms with van der Waals surface area (Å²) < 4.78 is 41.5. The quantitative estimate of drug-likeness (QED) is 0.511. The van der Waals surface area contributed by atoms with E-state index in [-0.39, 0.29) is 0 Å². The van der Waals surface area contributed by atoms with Crippen molar-refractivity contribution < 1.29 is 33.2 Å². The van der Waals surface area contributed by atoms with Crippen LogP contribution in [0.5, 0.6) is 0 Å². The van der Waals surface area contributed by atoms with Crippen LogP contribution in [0.4, 0.5) is 13.2 Å². The minimum atomic E-state index is -4.15. The molecule has 0 aliphatic carbocycles. The van der Waals surface area contributed by atoms with E-state index in [0.29, 0.717) is 0 Å². The summed E-state index contributed by atoms with van der Waals surface area (Å²) in [5.41, 5.74) is 0. The molecule has 13 heavy (non-hydrogen) atoms. The zero-order chi connectivity index (χ0) is 10.2. The van der Waals surface area contributed by atoms with E-state index >= 15 is 0 Å². The lowest BCUT2D eigenvalue weighted by atomic mass is 9.99. The molecular weight excluding hydrogens is 193 g/mol. The van der Waals surface area contributed by atoms with Gasteiger partial charge in [-0.2, -0.15) is 8.78 Å². The third kappa shape index (κ3) is 1.64. The van der Waals surface area contributed by atoms with Crippen LogP contribution in [0.3, 0.4) is 0 Å². The average Bonchev–Trinajstić information content (AvgIpc) is 2.09. The van der Waals surface area contributed by atoms with Gasteiger partial charge in [-0.1, -0.05) is 0 Å². The molecule has 1 heterocycles. The van der Waals surface area contributed by atoms with E-state index in [1.165, 1.54) is 0 Å². The minimum absolute atomic E-state index is 0.839. The molecule has 0 radical (unpaired) electrons. The number of aliphatic hydroxyl groups is 3. The van der Waals surface area contributed by atoms with Gasteiger partial charge in [0.25, 0.3) is 6.36 Å². The largest absolute Gasteiger partial charge is 0.394 e. The molecule has 1 fully saturated rings. The molecule has 4 atom stereocenters. The number of hydrogen-bond acceptors (Lipinski definition) is 4. The number of alkyl halides is 3. The molecule has 0 spiro atoms. The third-order valence-electron chi connectivity index (χ3n) is 1.88. The Morgan fingerprint density at radius 3 is 2.31 bits per heavy atom. The summed E-state index contributed by atoms with van der Waals surface area (Å²) in [6.07, 6.45) is -9.09. The Labute approximate surface area is 71.6 Å². The highest BCUT2D eigenvalue weighted by Gasteiger charge is 2.58. The van der Waals surface area contributed by atoms with E-state index in [1.54, 1.807) is 0 Å². The van der Waals surface area contributed by atoms with E-state index in [9.17, 15) is 13.2 Å². The molecule has 78 valence electrons. The average molecular weight is 202 g/mol. The van der Waals surface area contributed by atoms with Crippen LogP contribution >= 0.6 is 0 Å². The van der Waals surface area contributed by atoms with Crippen molar-refractivity contribution >= 4 is 0 Å². The van der Waals surface area contributed by atoms with Crippen molar-refractivity contribution in [2.45, 2.75) is 30.6 Å². The topological polar surface area (TPSA) is 69.9 Å². The number of ether oxygens (including phenoxy) is 1.